The van der Waals surface area contributed by atoms with E-state index in [1.165, 1.54) is 88.7 Å². The first kappa shape index (κ1) is 41.9. The third-order valence-corrected chi connectivity index (χ3v) is 15.9. The van der Waals surface area contributed by atoms with Gasteiger partial charge >= 0.3 is 0 Å². The zero-order chi connectivity index (χ0) is 48.0. The zero-order valence-electron chi connectivity index (χ0n) is 40.3. The van der Waals surface area contributed by atoms with Gasteiger partial charge in [0.05, 0.1) is 21.9 Å². The quantitative estimate of drug-likeness (QED) is 0.147. The van der Waals surface area contributed by atoms with Crippen molar-refractivity contribution in [1.29, 1.82) is 0 Å². The Morgan fingerprint density at radius 2 is 0.611 bits per heavy atom. The molecule has 12 aromatic rings. The van der Waals surface area contributed by atoms with E-state index >= 15 is 0 Å². The van der Waals surface area contributed by atoms with Crippen molar-refractivity contribution in [3.63, 3.8) is 0 Å². The fourth-order valence-corrected chi connectivity index (χ4v) is 12.8. The molecule has 0 aliphatic heterocycles. The number of nitrogens with zero attached hydrogens (tertiary/aromatic N) is 2. The fraction of sp³-hybridized carbons (Fsp3) is 0.0571. The molecule has 1 aromatic heterocycles. The van der Waals surface area contributed by atoms with Gasteiger partial charge in [0.1, 0.15) is 0 Å². The predicted octanol–water partition coefficient (Wildman–Crippen LogP) is 17.6. The van der Waals surface area contributed by atoms with Crippen LogP contribution in [0.5, 0.6) is 0 Å². The summed E-state index contributed by atoms with van der Waals surface area (Å²) < 4.78 is 2.49. The summed E-state index contributed by atoms with van der Waals surface area (Å²) in [5.74, 6) is 0. The van der Waals surface area contributed by atoms with Gasteiger partial charge < -0.3 is 9.47 Å². The highest BCUT2D eigenvalue weighted by atomic mass is 15.1. The van der Waals surface area contributed by atoms with Gasteiger partial charge in [0, 0.05) is 33.5 Å². The Bertz CT molecular complexity index is 3700. The van der Waals surface area contributed by atoms with Crippen LogP contribution in [0.1, 0.15) is 55.6 Å². The normalized spacial score (nSPS) is 13.6. The zero-order valence-corrected chi connectivity index (χ0v) is 40.3. The third kappa shape index (κ3) is 6.02. The topological polar surface area (TPSA) is 8.17 Å². The first-order valence-corrected chi connectivity index (χ1v) is 25.2. The molecule has 2 aliphatic rings. The Balaban J connectivity index is 1.04. The first-order valence-electron chi connectivity index (χ1n) is 25.2. The van der Waals surface area contributed by atoms with Crippen molar-refractivity contribution in [2.45, 2.75) is 24.7 Å². The molecule has 0 fully saturated rings. The highest BCUT2D eigenvalue weighted by Gasteiger charge is 2.48. The molecule has 11 aromatic carbocycles. The van der Waals surface area contributed by atoms with Crippen LogP contribution in [0.3, 0.4) is 0 Å². The second-order valence-corrected chi connectivity index (χ2v) is 19.7. The first-order chi connectivity index (χ1) is 35.5. The second kappa shape index (κ2) is 16.3. The van der Waals surface area contributed by atoms with Gasteiger partial charge in [0.25, 0.3) is 0 Å². The molecule has 2 nitrogen and oxygen atoms in total. The minimum Gasteiger partial charge on any atom is -0.311 e. The maximum absolute atomic E-state index is 2.53. The van der Waals surface area contributed by atoms with Crippen LogP contribution in [0.4, 0.5) is 17.1 Å². The highest BCUT2D eigenvalue weighted by molar-refractivity contribution is 6.10. The molecule has 0 radical (unpaired) electrons. The molecule has 0 atom stereocenters. The van der Waals surface area contributed by atoms with Crippen LogP contribution in [0, 0.1) is 13.8 Å². The number of hydrogen-bond acceptors (Lipinski definition) is 1. The molecule has 2 heteroatoms. The standard InChI is InChI=1S/C70H50N2/c1-47-29-35-53(36-30-47)71(54-37-31-48(2)32-38-54)55-39-41-56(42-40-55)72-67-43-33-51(69(49-17-5-3-6-18-49)63-25-13-9-21-57(63)58-22-10-14-26-64(58)69)45-61(67)62-46-52(34-44-68(62)72)70(50-19-7-4-8-20-50)65-27-15-11-23-59(65)60-24-12-16-28-66(60)70/h3-46H,1-2H3. The number of benzene rings is 11. The molecule has 0 saturated carbocycles. The number of anilines is 3. The van der Waals surface area contributed by atoms with E-state index in [1.54, 1.807) is 0 Å². The monoisotopic (exact) mass is 918 g/mol. The predicted molar refractivity (Wildman–Crippen MR) is 300 cm³/mol. The van der Waals surface area contributed by atoms with E-state index in [0.29, 0.717) is 0 Å². The smallest absolute Gasteiger partial charge is 0.0713 e. The summed E-state index contributed by atoms with van der Waals surface area (Å²) in [4.78, 5) is 2.35. The number of fused-ring (bicyclic) bond motifs is 9. The summed E-state index contributed by atoms with van der Waals surface area (Å²) in [6.07, 6.45) is 0. The van der Waals surface area contributed by atoms with Crippen molar-refractivity contribution in [2.75, 3.05) is 4.90 Å². The molecule has 0 amide bonds. The summed E-state index contributed by atoms with van der Waals surface area (Å²) in [6.45, 7) is 4.29. The Kier molecular flexibility index (Phi) is 9.50. The Labute approximate surface area is 421 Å². The summed E-state index contributed by atoms with van der Waals surface area (Å²) in [5, 5.41) is 2.43. The number of hydrogen-bond donors (Lipinski definition) is 0. The van der Waals surface area contributed by atoms with Crippen LogP contribution in [0.2, 0.25) is 0 Å². The summed E-state index contributed by atoms with van der Waals surface area (Å²) >= 11 is 0. The Morgan fingerprint density at radius 1 is 0.292 bits per heavy atom. The van der Waals surface area contributed by atoms with Crippen molar-refractivity contribution >= 4 is 38.9 Å². The molecule has 0 spiro atoms. The SMILES string of the molecule is Cc1ccc(N(c2ccc(C)cc2)c2ccc(-n3c4ccc(C5(c6ccccc6)c6ccccc6-c6ccccc65)cc4c4cc(C5(c6ccccc6)c6ccccc6-c6ccccc65)ccc43)cc2)cc1. The lowest BCUT2D eigenvalue weighted by molar-refractivity contribution is 0.769. The summed E-state index contributed by atoms with van der Waals surface area (Å²) in [7, 11) is 0. The molecule has 1 heterocycles. The molecular weight excluding hydrogens is 869 g/mol. The van der Waals surface area contributed by atoms with Crippen molar-refractivity contribution in [2.24, 2.45) is 0 Å². The van der Waals surface area contributed by atoms with Crippen LogP contribution in [-0.4, -0.2) is 4.57 Å². The summed E-state index contributed by atoms with van der Waals surface area (Å²) in [6, 6.07) is 100. The highest BCUT2D eigenvalue weighted by Crippen LogP contribution is 2.58. The van der Waals surface area contributed by atoms with E-state index in [9.17, 15) is 0 Å². The molecule has 0 N–H and O–H groups in total. The van der Waals surface area contributed by atoms with Gasteiger partial charge in [0.2, 0.25) is 0 Å². The van der Waals surface area contributed by atoms with Gasteiger partial charge in [-0.1, -0.05) is 205 Å². The van der Waals surface area contributed by atoms with Crippen LogP contribution >= 0.6 is 0 Å². The van der Waals surface area contributed by atoms with Crippen molar-refractivity contribution in [3.05, 3.63) is 323 Å². The molecule has 0 bridgehead atoms. The molecule has 14 rings (SSSR count). The number of rotatable bonds is 8. The lowest BCUT2D eigenvalue weighted by Gasteiger charge is -2.34. The van der Waals surface area contributed by atoms with Gasteiger partial charge in [-0.15, -0.1) is 0 Å². The second-order valence-electron chi connectivity index (χ2n) is 19.7. The number of aryl methyl sites for hydroxylation is 2. The van der Waals surface area contributed by atoms with E-state index in [1.807, 2.05) is 0 Å². The van der Waals surface area contributed by atoms with E-state index in [0.717, 1.165) is 33.8 Å². The van der Waals surface area contributed by atoms with Gasteiger partial charge in [-0.25, -0.2) is 0 Å². The maximum Gasteiger partial charge on any atom is 0.0713 e. The van der Waals surface area contributed by atoms with Crippen molar-refractivity contribution in [3.8, 4) is 27.9 Å². The molecule has 72 heavy (non-hydrogen) atoms. The third-order valence-electron chi connectivity index (χ3n) is 15.9. The maximum atomic E-state index is 2.53. The molecule has 340 valence electrons. The van der Waals surface area contributed by atoms with E-state index < -0.39 is 10.8 Å². The van der Waals surface area contributed by atoms with Crippen LogP contribution in [0.15, 0.2) is 267 Å². The van der Waals surface area contributed by atoms with Crippen LogP contribution in [0.25, 0.3) is 49.7 Å². The molecule has 0 saturated heterocycles. The molecule has 2 aliphatic carbocycles. The van der Waals surface area contributed by atoms with Gasteiger partial charge in [-0.3, -0.25) is 0 Å². The van der Waals surface area contributed by atoms with Crippen molar-refractivity contribution < 1.29 is 0 Å². The minimum absolute atomic E-state index is 0.541. The van der Waals surface area contributed by atoms with Gasteiger partial charge in [-0.2, -0.15) is 0 Å². The minimum atomic E-state index is -0.541. The van der Waals surface area contributed by atoms with E-state index in [2.05, 4.69) is 290 Å². The summed E-state index contributed by atoms with van der Waals surface area (Å²) in [5.41, 5.74) is 23.6. The van der Waals surface area contributed by atoms with Gasteiger partial charge in [0.15, 0.2) is 0 Å². The van der Waals surface area contributed by atoms with Gasteiger partial charge in [-0.05, 0) is 153 Å². The van der Waals surface area contributed by atoms with Crippen molar-refractivity contribution in [1.82, 2.24) is 4.57 Å². The average Bonchev–Trinajstić information content (AvgIpc) is 4.05. The molecular formula is C70H50N2. The molecule has 0 unspecified atom stereocenters. The number of aromatic nitrogens is 1. The largest absolute Gasteiger partial charge is 0.311 e. The van der Waals surface area contributed by atoms with Crippen LogP contribution < -0.4 is 4.90 Å². The van der Waals surface area contributed by atoms with Crippen LogP contribution in [-0.2, 0) is 10.8 Å². The lowest BCUT2D eigenvalue weighted by atomic mass is 9.67. The fourth-order valence-electron chi connectivity index (χ4n) is 12.8. The lowest BCUT2D eigenvalue weighted by Crippen LogP contribution is -2.28. The Hall–Kier alpha value is -8.98. The van der Waals surface area contributed by atoms with E-state index in [-0.39, 0.29) is 0 Å². The Morgan fingerprint density at radius 3 is 0.972 bits per heavy atom. The average molecular weight is 919 g/mol. The van der Waals surface area contributed by atoms with E-state index in [4.69, 9.17) is 0 Å².